The Hall–Kier alpha value is -3.03. The number of nitrogens with zero attached hydrogens (tertiary/aromatic N) is 1. The van der Waals surface area contributed by atoms with Crippen molar-refractivity contribution in [3.63, 3.8) is 0 Å². The standard InChI is InChI=1S/C21H24N2O6/c1-12(24)14-6-5-7-15(10-14)22-19(26)13(2)29-18(25)11-23-20(27)16-8-3-4-9-17(16)21(23)28/h5-7,10,13,16-17H,3-4,8-9,11H2,1-2H3,(H,22,26)/t13-,16+,17+/m1/s1. The predicted octanol–water partition coefficient (Wildman–Crippen LogP) is 1.93. The second-order valence-electron chi connectivity index (χ2n) is 7.52. The molecule has 0 bridgehead atoms. The van der Waals surface area contributed by atoms with Gasteiger partial charge in [-0.15, -0.1) is 0 Å². The summed E-state index contributed by atoms with van der Waals surface area (Å²) in [6.07, 6.45) is 2.01. The van der Waals surface area contributed by atoms with E-state index in [4.69, 9.17) is 4.74 Å². The molecule has 1 aromatic rings. The number of Topliss-reactive ketones (excluding diaryl/α,β-unsaturated/α-hetero) is 1. The third-order valence-electron chi connectivity index (χ3n) is 5.43. The molecule has 1 saturated heterocycles. The van der Waals surface area contributed by atoms with Crippen molar-refractivity contribution in [1.29, 1.82) is 0 Å². The van der Waals surface area contributed by atoms with Crippen LogP contribution in [0.5, 0.6) is 0 Å². The molecule has 3 amide bonds. The lowest BCUT2D eigenvalue weighted by Crippen LogP contribution is -2.39. The molecular formula is C21H24N2O6. The minimum atomic E-state index is -1.13. The van der Waals surface area contributed by atoms with Crippen molar-refractivity contribution in [2.75, 3.05) is 11.9 Å². The predicted molar refractivity (Wildman–Crippen MR) is 103 cm³/mol. The molecule has 8 nitrogen and oxygen atoms in total. The number of ketones is 1. The highest BCUT2D eigenvalue weighted by atomic mass is 16.5. The van der Waals surface area contributed by atoms with Crippen molar-refractivity contribution in [1.82, 2.24) is 4.90 Å². The number of benzene rings is 1. The third-order valence-corrected chi connectivity index (χ3v) is 5.43. The molecule has 1 N–H and O–H groups in total. The van der Waals surface area contributed by atoms with Crippen LogP contribution in [0.1, 0.15) is 49.9 Å². The van der Waals surface area contributed by atoms with Gasteiger partial charge in [0.25, 0.3) is 5.91 Å². The van der Waals surface area contributed by atoms with Gasteiger partial charge < -0.3 is 10.1 Å². The summed E-state index contributed by atoms with van der Waals surface area (Å²) in [5.74, 6) is -2.85. The highest BCUT2D eigenvalue weighted by Crippen LogP contribution is 2.37. The fourth-order valence-electron chi connectivity index (χ4n) is 3.86. The summed E-state index contributed by atoms with van der Waals surface area (Å²) in [5, 5.41) is 2.58. The van der Waals surface area contributed by atoms with Gasteiger partial charge in [0.1, 0.15) is 6.54 Å². The molecule has 0 radical (unpaired) electrons. The lowest BCUT2D eigenvalue weighted by molar-refractivity contribution is -0.158. The fraction of sp³-hybridized carbons (Fsp3) is 0.476. The van der Waals surface area contributed by atoms with Crippen molar-refractivity contribution < 1.29 is 28.7 Å². The average molecular weight is 400 g/mol. The highest BCUT2D eigenvalue weighted by molar-refractivity contribution is 6.07. The Morgan fingerprint density at radius 1 is 1.14 bits per heavy atom. The van der Waals surface area contributed by atoms with Crippen molar-refractivity contribution >= 4 is 35.2 Å². The molecular weight excluding hydrogens is 376 g/mol. The number of nitrogens with one attached hydrogen (secondary N) is 1. The van der Waals surface area contributed by atoms with E-state index in [0.29, 0.717) is 24.1 Å². The van der Waals surface area contributed by atoms with E-state index < -0.39 is 24.5 Å². The molecule has 154 valence electrons. The summed E-state index contributed by atoms with van der Waals surface area (Å²) in [6.45, 7) is 2.33. The average Bonchev–Trinajstić information content (AvgIpc) is 2.93. The van der Waals surface area contributed by atoms with E-state index in [1.165, 1.54) is 19.9 Å². The number of ether oxygens (including phenoxy) is 1. The lowest BCUT2D eigenvalue weighted by Gasteiger charge is -2.19. The van der Waals surface area contributed by atoms with Gasteiger partial charge in [0.05, 0.1) is 11.8 Å². The number of hydrogen-bond donors (Lipinski definition) is 1. The van der Waals surface area contributed by atoms with E-state index in [-0.39, 0.29) is 29.4 Å². The Labute approximate surface area is 168 Å². The van der Waals surface area contributed by atoms with Crippen LogP contribution in [0.4, 0.5) is 5.69 Å². The van der Waals surface area contributed by atoms with E-state index in [9.17, 15) is 24.0 Å². The molecule has 1 aromatic carbocycles. The first kappa shape index (κ1) is 20.7. The molecule has 0 aromatic heterocycles. The zero-order chi connectivity index (χ0) is 21.1. The zero-order valence-corrected chi connectivity index (χ0v) is 16.5. The van der Waals surface area contributed by atoms with Crippen molar-refractivity contribution in [3.05, 3.63) is 29.8 Å². The van der Waals surface area contributed by atoms with Gasteiger partial charge in [-0.05, 0) is 38.8 Å². The fourth-order valence-corrected chi connectivity index (χ4v) is 3.86. The molecule has 1 aliphatic carbocycles. The Balaban J connectivity index is 1.55. The van der Waals surface area contributed by atoms with Gasteiger partial charge in [0, 0.05) is 11.3 Å². The van der Waals surface area contributed by atoms with E-state index >= 15 is 0 Å². The van der Waals surface area contributed by atoms with Gasteiger partial charge in [-0.3, -0.25) is 28.9 Å². The molecule has 1 saturated carbocycles. The van der Waals surface area contributed by atoms with Crippen LogP contribution in [0.3, 0.4) is 0 Å². The maximum absolute atomic E-state index is 12.4. The smallest absolute Gasteiger partial charge is 0.326 e. The number of carbonyl (C=O) groups is 5. The number of likely N-dealkylation sites (tertiary alicyclic amines) is 1. The maximum atomic E-state index is 12.4. The number of carbonyl (C=O) groups excluding carboxylic acids is 5. The molecule has 1 aliphatic heterocycles. The second kappa shape index (κ2) is 8.55. The zero-order valence-electron chi connectivity index (χ0n) is 16.5. The van der Waals surface area contributed by atoms with Gasteiger partial charge in [0.15, 0.2) is 11.9 Å². The SMILES string of the molecule is CC(=O)c1cccc(NC(=O)[C@@H](C)OC(=O)CN2C(=O)[C@H]3CCCC[C@@H]3C2=O)c1. The van der Waals surface area contributed by atoms with Crippen LogP contribution in [-0.4, -0.2) is 47.0 Å². The van der Waals surface area contributed by atoms with Gasteiger partial charge in [0.2, 0.25) is 11.8 Å². The molecule has 8 heteroatoms. The number of anilines is 1. The first-order chi connectivity index (χ1) is 13.8. The number of rotatable bonds is 6. The van der Waals surface area contributed by atoms with Crippen LogP contribution in [0, 0.1) is 11.8 Å². The minimum absolute atomic E-state index is 0.138. The minimum Gasteiger partial charge on any atom is -0.451 e. The highest BCUT2D eigenvalue weighted by Gasteiger charge is 2.48. The number of hydrogen-bond acceptors (Lipinski definition) is 6. The number of amides is 3. The van der Waals surface area contributed by atoms with Crippen LogP contribution in [0.2, 0.25) is 0 Å². The Morgan fingerprint density at radius 2 is 1.76 bits per heavy atom. The molecule has 1 heterocycles. The molecule has 3 rings (SSSR count). The van der Waals surface area contributed by atoms with E-state index in [0.717, 1.165) is 17.7 Å². The van der Waals surface area contributed by atoms with Gasteiger partial charge in [-0.25, -0.2) is 0 Å². The monoisotopic (exact) mass is 400 g/mol. The number of fused-ring (bicyclic) bond motifs is 1. The number of imide groups is 1. The second-order valence-corrected chi connectivity index (χ2v) is 7.52. The molecule has 0 spiro atoms. The normalized spacial score (nSPS) is 22.1. The van der Waals surface area contributed by atoms with Gasteiger partial charge >= 0.3 is 5.97 Å². The summed E-state index contributed by atoms with van der Waals surface area (Å²) in [4.78, 5) is 61.7. The van der Waals surface area contributed by atoms with Crippen LogP contribution in [0.25, 0.3) is 0 Å². The molecule has 0 unspecified atom stereocenters. The van der Waals surface area contributed by atoms with E-state index in [1.807, 2.05) is 0 Å². The van der Waals surface area contributed by atoms with Crippen molar-refractivity contribution in [2.45, 2.75) is 45.6 Å². The van der Waals surface area contributed by atoms with Crippen LogP contribution < -0.4 is 5.32 Å². The first-order valence-electron chi connectivity index (χ1n) is 9.74. The summed E-state index contributed by atoms with van der Waals surface area (Å²) in [5.41, 5.74) is 0.847. The van der Waals surface area contributed by atoms with Gasteiger partial charge in [-0.1, -0.05) is 25.0 Å². The van der Waals surface area contributed by atoms with Crippen LogP contribution in [-0.2, 0) is 23.9 Å². The van der Waals surface area contributed by atoms with Gasteiger partial charge in [-0.2, -0.15) is 0 Å². The van der Waals surface area contributed by atoms with E-state index in [1.54, 1.807) is 18.2 Å². The maximum Gasteiger partial charge on any atom is 0.326 e. The first-order valence-corrected chi connectivity index (χ1v) is 9.74. The Kier molecular flexibility index (Phi) is 6.10. The molecule has 29 heavy (non-hydrogen) atoms. The molecule has 2 fully saturated rings. The van der Waals surface area contributed by atoms with E-state index in [2.05, 4.69) is 5.32 Å². The largest absolute Gasteiger partial charge is 0.451 e. The summed E-state index contributed by atoms with van der Waals surface area (Å²) in [6, 6.07) is 6.40. The summed E-state index contributed by atoms with van der Waals surface area (Å²) in [7, 11) is 0. The summed E-state index contributed by atoms with van der Waals surface area (Å²) < 4.78 is 5.11. The molecule has 2 aliphatic rings. The quantitative estimate of drug-likeness (QED) is 0.444. The van der Waals surface area contributed by atoms with Crippen molar-refractivity contribution in [3.8, 4) is 0 Å². The summed E-state index contributed by atoms with van der Waals surface area (Å²) >= 11 is 0. The number of esters is 1. The third kappa shape index (κ3) is 4.52. The molecule has 3 atom stereocenters. The Morgan fingerprint density at radius 3 is 2.34 bits per heavy atom. The topological polar surface area (TPSA) is 110 Å². The van der Waals surface area contributed by atoms with Crippen LogP contribution in [0.15, 0.2) is 24.3 Å². The van der Waals surface area contributed by atoms with Crippen LogP contribution >= 0.6 is 0 Å². The lowest BCUT2D eigenvalue weighted by atomic mass is 9.81. The van der Waals surface area contributed by atoms with Crippen molar-refractivity contribution in [2.24, 2.45) is 11.8 Å². The Bertz CT molecular complexity index is 840.